The zero-order chi connectivity index (χ0) is 15.5. The lowest BCUT2D eigenvalue weighted by molar-refractivity contribution is -0.132. The molecule has 2 aliphatic heterocycles. The van der Waals surface area contributed by atoms with Gasteiger partial charge < -0.3 is 10.2 Å². The summed E-state index contributed by atoms with van der Waals surface area (Å²) in [6.07, 6.45) is 5.80. The van der Waals surface area contributed by atoms with Crippen molar-refractivity contribution in [3.05, 3.63) is 23.3 Å². The summed E-state index contributed by atoms with van der Waals surface area (Å²) in [6.45, 7) is 7.72. The third-order valence-corrected chi connectivity index (χ3v) is 4.55. The summed E-state index contributed by atoms with van der Waals surface area (Å²) in [4.78, 5) is 23.5. The van der Waals surface area contributed by atoms with E-state index < -0.39 is 0 Å². The second-order valence-corrected chi connectivity index (χ2v) is 6.91. The van der Waals surface area contributed by atoms with Crippen LogP contribution < -0.4 is 5.32 Å². The van der Waals surface area contributed by atoms with E-state index in [1.54, 1.807) is 0 Å². The summed E-state index contributed by atoms with van der Waals surface area (Å²) in [5.41, 5.74) is 2.26. The van der Waals surface area contributed by atoms with Crippen molar-refractivity contribution in [1.29, 1.82) is 0 Å². The van der Waals surface area contributed by atoms with Gasteiger partial charge in [0.2, 0.25) is 5.91 Å². The normalized spacial score (nSPS) is 21.8. The molecule has 1 atom stereocenters. The summed E-state index contributed by atoms with van der Waals surface area (Å²) >= 11 is 0. The quantitative estimate of drug-likeness (QED) is 0.926. The van der Waals surface area contributed by atoms with Gasteiger partial charge in [-0.05, 0) is 25.3 Å². The van der Waals surface area contributed by atoms with Crippen LogP contribution in [0.4, 0.5) is 0 Å². The molecule has 0 aliphatic carbocycles. The van der Waals surface area contributed by atoms with E-state index in [4.69, 9.17) is 4.98 Å². The number of piperidine rings is 1. The Bertz CT molecular complexity index is 537. The van der Waals surface area contributed by atoms with Crippen molar-refractivity contribution < 1.29 is 4.79 Å². The van der Waals surface area contributed by atoms with Gasteiger partial charge in [0.05, 0.1) is 5.69 Å². The summed E-state index contributed by atoms with van der Waals surface area (Å²) in [5.74, 6) is 2.08. The van der Waals surface area contributed by atoms with E-state index in [0.29, 0.717) is 24.8 Å². The van der Waals surface area contributed by atoms with Crippen LogP contribution in [0.5, 0.6) is 0 Å². The second kappa shape index (κ2) is 6.73. The van der Waals surface area contributed by atoms with Crippen molar-refractivity contribution in [3.8, 4) is 0 Å². The smallest absolute Gasteiger partial charge is 0.223 e. The zero-order valence-electron chi connectivity index (χ0n) is 13.6. The van der Waals surface area contributed by atoms with E-state index in [2.05, 4.69) is 24.1 Å². The first-order valence-corrected chi connectivity index (χ1v) is 8.46. The molecule has 0 spiro atoms. The summed E-state index contributed by atoms with van der Waals surface area (Å²) in [5, 5.41) is 3.42. The minimum atomic E-state index is 0.251. The lowest BCUT2D eigenvalue weighted by Gasteiger charge is -2.29. The van der Waals surface area contributed by atoms with Crippen LogP contribution in [0, 0.1) is 5.92 Å². The highest BCUT2D eigenvalue weighted by Crippen LogP contribution is 2.23. The molecule has 1 saturated heterocycles. The van der Waals surface area contributed by atoms with Crippen LogP contribution in [-0.2, 0) is 17.8 Å². The molecule has 1 fully saturated rings. The van der Waals surface area contributed by atoms with Gasteiger partial charge in [-0.15, -0.1) is 0 Å². The van der Waals surface area contributed by atoms with Gasteiger partial charge in [0.1, 0.15) is 5.82 Å². The molecule has 0 aromatic carbocycles. The topological polar surface area (TPSA) is 58.1 Å². The summed E-state index contributed by atoms with van der Waals surface area (Å²) < 4.78 is 0. The molecule has 3 heterocycles. The number of rotatable bonds is 3. The molecular formula is C17H26N4O. The van der Waals surface area contributed by atoms with Crippen molar-refractivity contribution in [2.24, 2.45) is 5.92 Å². The third kappa shape index (κ3) is 3.46. The highest BCUT2D eigenvalue weighted by molar-refractivity contribution is 5.76. The molecule has 120 valence electrons. The van der Waals surface area contributed by atoms with Crippen molar-refractivity contribution >= 4 is 5.91 Å². The van der Waals surface area contributed by atoms with Gasteiger partial charge in [0.25, 0.3) is 0 Å². The number of carbonyl (C=O) groups excluding carboxylic acids is 1. The first-order chi connectivity index (χ1) is 10.6. The van der Waals surface area contributed by atoms with Crippen LogP contribution in [0.1, 0.15) is 56.1 Å². The monoisotopic (exact) mass is 302 g/mol. The number of hydrogen-bond donors (Lipinski definition) is 1. The predicted octanol–water partition coefficient (Wildman–Crippen LogP) is 1.87. The molecule has 0 bridgehead atoms. The maximum Gasteiger partial charge on any atom is 0.223 e. The van der Waals surface area contributed by atoms with Gasteiger partial charge in [-0.2, -0.15) is 0 Å². The van der Waals surface area contributed by atoms with Crippen LogP contribution >= 0.6 is 0 Å². The SMILES string of the molecule is CC(C)CC(=O)N1CCc2nc(C3CCCNC3)ncc2C1. The average Bonchev–Trinajstić information content (AvgIpc) is 2.54. The maximum atomic E-state index is 12.2. The molecule has 3 rings (SSSR count). The van der Waals surface area contributed by atoms with Gasteiger partial charge in [-0.1, -0.05) is 13.8 Å². The number of fused-ring (bicyclic) bond motifs is 1. The molecule has 0 saturated carbocycles. The third-order valence-electron chi connectivity index (χ3n) is 4.55. The van der Waals surface area contributed by atoms with E-state index in [0.717, 1.165) is 43.1 Å². The Balaban J connectivity index is 1.69. The fourth-order valence-corrected chi connectivity index (χ4v) is 3.29. The van der Waals surface area contributed by atoms with Gasteiger partial charge in [0.15, 0.2) is 0 Å². The highest BCUT2D eigenvalue weighted by Gasteiger charge is 2.24. The van der Waals surface area contributed by atoms with Gasteiger partial charge in [-0.3, -0.25) is 4.79 Å². The standard InChI is InChI=1S/C17H26N4O/c1-12(2)8-16(22)21-7-5-15-14(11-21)10-19-17(20-15)13-4-3-6-18-9-13/h10,12-13,18H,3-9,11H2,1-2H3. The van der Waals surface area contributed by atoms with E-state index >= 15 is 0 Å². The van der Waals surface area contributed by atoms with Gasteiger partial charge in [-0.25, -0.2) is 9.97 Å². The Morgan fingerprint density at radius 3 is 3.09 bits per heavy atom. The molecule has 1 aromatic heterocycles. The largest absolute Gasteiger partial charge is 0.338 e. The molecule has 1 N–H and O–H groups in total. The lowest BCUT2D eigenvalue weighted by atomic mass is 9.98. The van der Waals surface area contributed by atoms with Crippen molar-refractivity contribution in [3.63, 3.8) is 0 Å². The van der Waals surface area contributed by atoms with E-state index in [9.17, 15) is 4.79 Å². The van der Waals surface area contributed by atoms with Crippen LogP contribution in [0.2, 0.25) is 0 Å². The molecule has 1 amide bonds. The fraction of sp³-hybridized carbons (Fsp3) is 0.706. The van der Waals surface area contributed by atoms with Crippen molar-refractivity contribution in [1.82, 2.24) is 20.2 Å². The molecule has 0 radical (unpaired) electrons. The summed E-state index contributed by atoms with van der Waals surface area (Å²) in [7, 11) is 0. The molecular weight excluding hydrogens is 276 g/mol. The Labute approximate surface area is 132 Å². The Hall–Kier alpha value is -1.49. The Morgan fingerprint density at radius 1 is 1.50 bits per heavy atom. The molecule has 1 unspecified atom stereocenters. The molecule has 22 heavy (non-hydrogen) atoms. The van der Waals surface area contributed by atoms with Crippen LogP contribution in [-0.4, -0.2) is 40.4 Å². The highest BCUT2D eigenvalue weighted by atomic mass is 16.2. The number of nitrogens with one attached hydrogen (secondary N) is 1. The minimum absolute atomic E-state index is 0.251. The van der Waals surface area contributed by atoms with Crippen molar-refractivity contribution in [2.75, 3.05) is 19.6 Å². The second-order valence-electron chi connectivity index (χ2n) is 6.91. The lowest BCUT2D eigenvalue weighted by Crippen LogP contribution is -2.37. The van der Waals surface area contributed by atoms with Crippen molar-refractivity contribution in [2.45, 2.75) is 52.0 Å². The molecule has 2 aliphatic rings. The molecule has 5 heteroatoms. The number of carbonyl (C=O) groups is 1. The predicted molar refractivity (Wildman–Crippen MR) is 85.5 cm³/mol. The van der Waals surface area contributed by atoms with E-state index in [1.807, 2.05) is 11.1 Å². The molecule has 5 nitrogen and oxygen atoms in total. The molecule has 1 aromatic rings. The number of aromatic nitrogens is 2. The minimum Gasteiger partial charge on any atom is -0.338 e. The van der Waals surface area contributed by atoms with Gasteiger partial charge >= 0.3 is 0 Å². The zero-order valence-corrected chi connectivity index (χ0v) is 13.6. The fourth-order valence-electron chi connectivity index (χ4n) is 3.29. The van der Waals surface area contributed by atoms with E-state index in [-0.39, 0.29) is 5.91 Å². The summed E-state index contributed by atoms with van der Waals surface area (Å²) in [6, 6.07) is 0. The van der Waals surface area contributed by atoms with Crippen LogP contribution in [0.25, 0.3) is 0 Å². The number of hydrogen-bond acceptors (Lipinski definition) is 4. The van der Waals surface area contributed by atoms with Crippen LogP contribution in [0.3, 0.4) is 0 Å². The first-order valence-electron chi connectivity index (χ1n) is 8.46. The maximum absolute atomic E-state index is 12.2. The van der Waals surface area contributed by atoms with E-state index in [1.165, 1.54) is 12.8 Å². The van der Waals surface area contributed by atoms with Crippen LogP contribution in [0.15, 0.2) is 6.20 Å². The number of amides is 1. The first kappa shape index (κ1) is 15.4. The average molecular weight is 302 g/mol. The Kier molecular flexibility index (Phi) is 4.71. The number of nitrogens with zero attached hydrogens (tertiary/aromatic N) is 3. The van der Waals surface area contributed by atoms with Gasteiger partial charge in [0, 0.05) is 50.2 Å². The Morgan fingerprint density at radius 2 is 2.36 bits per heavy atom.